The molecule has 0 aromatic heterocycles. The van der Waals surface area contributed by atoms with Crippen LogP contribution in [0.25, 0.3) is 0 Å². The highest BCUT2D eigenvalue weighted by atomic mass is 32.2. The van der Waals surface area contributed by atoms with Gasteiger partial charge in [0.1, 0.15) is 5.75 Å². The molecule has 2 aromatic carbocycles. The molecule has 0 aliphatic heterocycles. The number of aryl methyl sites for hydroxylation is 1. The number of anilines is 1. The number of nitrogens with zero attached hydrogens (tertiary/aromatic N) is 1. The lowest BCUT2D eigenvalue weighted by Gasteiger charge is -2.27. The Balaban J connectivity index is 2.09. The van der Waals surface area contributed by atoms with Gasteiger partial charge in [0.05, 0.1) is 5.75 Å². The second-order valence-electron chi connectivity index (χ2n) is 6.54. The van der Waals surface area contributed by atoms with Crippen molar-refractivity contribution in [3.05, 3.63) is 59.7 Å². The zero-order valence-electron chi connectivity index (χ0n) is 16.1. The lowest BCUT2D eigenvalue weighted by Crippen LogP contribution is -2.39. The number of nitrogens with one attached hydrogen (secondary N) is 1. The Morgan fingerprint density at radius 2 is 1.74 bits per heavy atom. The summed E-state index contributed by atoms with van der Waals surface area (Å²) in [7, 11) is -3.55. The van der Waals surface area contributed by atoms with Crippen LogP contribution in [0.15, 0.2) is 48.5 Å². The molecule has 0 heterocycles. The van der Waals surface area contributed by atoms with Crippen LogP contribution in [-0.4, -0.2) is 31.1 Å². The molecule has 0 spiro atoms. The summed E-state index contributed by atoms with van der Waals surface area (Å²) >= 11 is 0. The monoisotopic (exact) mass is 390 g/mol. The van der Waals surface area contributed by atoms with E-state index in [9.17, 15) is 13.2 Å². The fourth-order valence-electron chi connectivity index (χ4n) is 2.44. The Labute approximate surface area is 161 Å². The van der Waals surface area contributed by atoms with Crippen molar-refractivity contribution in [2.24, 2.45) is 0 Å². The first-order valence-corrected chi connectivity index (χ1v) is 10.4. The van der Waals surface area contributed by atoms with Gasteiger partial charge in [-0.3, -0.25) is 0 Å². The van der Waals surface area contributed by atoms with Crippen LogP contribution in [0, 0.1) is 6.92 Å². The molecule has 0 fully saturated rings. The third-order valence-corrected chi connectivity index (χ3v) is 5.28. The van der Waals surface area contributed by atoms with Gasteiger partial charge in [-0.25, -0.2) is 4.79 Å². The molecular formula is C20H26N2O4S. The third-order valence-electron chi connectivity index (χ3n) is 4.12. The van der Waals surface area contributed by atoms with Gasteiger partial charge in [-0.05, 0) is 57.0 Å². The highest BCUT2D eigenvalue weighted by molar-refractivity contribution is 7.87. The zero-order valence-corrected chi connectivity index (χ0v) is 16.9. The number of amides is 2. The number of carbonyl (C=O) groups excluding carboxylic acids is 1. The lowest BCUT2D eigenvalue weighted by atomic mass is 10.2. The average molecular weight is 391 g/mol. The van der Waals surface area contributed by atoms with Gasteiger partial charge >= 0.3 is 16.1 Å². The van der Waals surface area contributed by atoms with E-state index in [2.05, 4.69) is 5.32 Å². The van der Waals surface area contributed by atoms with Crippen LogP contribution < -0.4 is 9.50 Å². The maximum absolute atomic E-state index is 12.7. The Morgan fingerprint density at radius 3 is 2.30 bits per heavy atom. The van der Waals surface area contributed by atoms with E-state index in [0.29, 0.717) is 6.54 Å². The molecule has 2 aromatic rings. The molecule has 0 atom stereocenters. The van der Waals surface area contributed by atoms with Crippen molar-refractivity contribution < 1.29 is 17.4 Å². The summed E-state index contributed by atoms with van der Waals surface area (Å²) < 4.78 is 28.0. The Hall–Kier alpha value is -2.54. The number of urea groups is 1. The molecule has 0 bridgehead atoms. The minimum absolute atomic E-state index is 0.00888. The summed E-state index contributed by atoms with van der Waals surface area (Å²) in [6.07, 6.45) is 0. The van der Waals surface area contributed by atoms with Crippen molar-refractivity contribution >= 4 is 21.8 Å². The van der Waals surface area contributed by atoms with Gasteiger partial charge in [0.2, 0.25) is 0 Å². The van der Waals surface area contributed by atoms with Crippen LogP contribution in [-0.2, 0) is 16.7 Å². The summed E-state index contributed by atoms with van der Waals surface area (Å²) in [5.74, 6) is 0.177. The maximum atomic E-state index is 12.7. The minimum Gasteiger partial charge on any atom is -0.382 e. The number of carbonyl (C=O) groups is 1. The fourth-order valence-corrected chi connectivity index (χ4v) is 2.96. The van der Waals surface area contributed by atoms with E-state index in [4.69, 9.17) is 4.18 Å². The van der Waals surface area contributed by atoms with Crippen molar-refractivity contribution in [1.29, 1.82) is 0 Å². The third kappa shape index (κ3) is 5.99. The molecule has 0 saturated heterocycles. The summed E-state index contributed by atoms with van der Waals surface area (Å²) in [6, 6.07) is 14.1. The highest BCUT2D eigenvalue weighted by Gasteiger charge is 2.18. The molecule has 0 aliphatic carbocycles. The van der Waals surface area contributed by atoms with Gasteiger partial charge < -0.3 is 14.4 Å². The fraction of sp³-hybridized carbons (Fsp3) is 0.350. The topological polar surface area (TPSA) is 75.7 Å². The van der Waals surface area contributed by atoms with Crippen molar-refractivity contribution in [3.8, 4) is 5.75 Å². The quantitative estimate of drug-likeness (QED) is 0.720. The summed E-state index contributed by atoms with van der Waals surface area (Å²) in [4.78, 5) is 14.4. The van der Waals surface area contributed by atoms with Crippen molar-refractivity contribution in [1.82, 2.24) is 4.90 Å². The van der Waals surface area contributed by atoms with Crippen molar-refractivity contribution in [2.75, 3.05) is 11.1 Å². The van der Waals surface area contributed by atoms with Gasteiger partial charge in [-0.2, -0.15) is 8.42 Å². The first-order chi connectivity index (χ1) is 12.7. The van der Waals surface area contributed by atoms with Gasteiger partial charge in [-0.1, -0.05) is 30.3 Å². The predicted molar refractivity (Wildman–Crippen MR) is 107 cm³/mol. The number of hydrogen-bond acceptors (Lipinski definition) is 4. The van der Waals surface area contributed by atoms with Gasteiger partial charge in [-0.15, -0.1) is 0 Å². The first kappa shape index (κ1) is 20.8. The molecule has 27 heavy (non-hydrogen) atoms. The molecule has 0 radical (unpaired) electrons. The van der Waals surface area contributed by atoms with Crippen LogP contribution >= 0.6 is 0 Å². The van der Waals surface area contributed by atoms with Crippen LogP contribution in [0.4, 0.5) is 10.5 Å². The lowest BCUT2D eigenvalue weighted by molar-refractivity contribution is 0.193. The molecule has 2 rings (SSSR count). The van der Waals surface area contributed by atoms with Crippen molar-refractivity contribution in [3.63, 3.8) is 0 Å². The van der Waals surface area contributed by atoms with Crippen LogP contribution in [0.5, 0.6) is 5.75 Å². The Bertz CT molecular complexity index is 877. The van der Waals surface area contributed by atoms with E-state index < -0.39 is 10.1 Å². The van der Waals surface area contributed by atoms with Gasteiger partial charge in [0.15, 0.2) is 0 Å². The van der Waals surface area contributed by atoms with E-state index in [-0.39, 0.29) is 23.6 Å². The SMILES string of the molecule is CCS(=O)(=O)Oc1ccc(CN(C(=O)Nc2ccccc2C)C(C)C)cc1. The number of rotatable bonds is 7. The van der Waals surface area contributed by atoms with E-state index in [1.165, 1.54) is 6.92 Å². The van der Waals surface area contributed by atoms with E-state index in [1.54, 1.807) is 29.2 Å². The summed E-state index contributed by atoms with van der Waals surface area (Å²) in [6.45, 7) is 7.76. The molecule has 1 N–H and O–H groups in total. The smallest absolute Gasteiger partial charge is 0.322 e. The van der Waals surface area contributed by atoms with E-state index in [1.807, 2.05) is 45.0 Å². The summed E-state index contributed by atoms with van der Waals surface area (Å²) in [5, 5.41) is 2.94. The van der Waals surface area contributed by atoms with Crippen molar-refractivity contribution in [2.45, 2.75) is 40.3 Å². The zero-order chi connectivity index (χ0) is 20.0. The maximum Gasteiger partial charge on any atom is 0.322 e. The van der Waals surface area contributed by atoms with E-state index in [0.717, 1.165) is 16.8 Å². The Morgan fingerprint density at radius 1 is 1.11 bits per heavy atom. The second kappa shape index (κ2) is 8.90. The number of para-hydroxylation sites is 1. The number of benzene rings is 2. The molecule has 0 unspecified atom stereocenters. The molecule has 146 valence electrons. The molecule has 0 aliphatic rings. The van der Waals surface area contributed by atoms with E-state index >= 15 is 0 Å². The van der Waals surface area contributed by atoms with Crippen LogP contribution in [0.3, 0.4) is 0 Å². The summed E-state index contributed by atoms with van der Waals surface area (Å²) in [5.41, 5.74) is 2.65. The minimum atomic E-state index is -3.55. The molecule has 6 nitrogen and oxygen atoms in total. The standard InChI is InChI=1S/C20H26N2O4S/c1-5-27(24,25)26-18-12-10-17(11-13-18)14-22(15(2)3)20(23)21-19-9-7-6-8-16(19)4/h6-13,15H,5,14H2,1-4H3,(H,21,23). The molecule has 2 amide bonds. The Kier molecular flexibility index (Phi) is 6.85. The molecular weight excluding hydrogens is 364 g/mol. The van der Waals surface area contributed by atoms with Gasteiger partial charge in [0.25, 0.3) is 0 Å². The largest absolute Gasteiger partial charge is 0.382 e. The molecule has 7 heteroatoms. The molecule has 0 saturated carbocycles. The highest BCUT2D eigenvalue weighted by Crippen LogP contribution is 2.19. The average Bonchev–Trinajstić information content (AvgIpc) is 2.62. The van der Waals surface area contributed by atoms with Gasteiger partial charge in [0, 0.05) is 18.3 Å². The van der Waals surface area contributed by atoms with Crippen LogP contribution in [0.2, 0.25) is 0 Å². The normalized spacial score (nSPS) is 11.3. The first-order valence-electron chi connectivity index (χ1n) is 8.86. The predicted octanol–water partition coefficient (Wildman–Crippen LogP) is 4.17. The second-order valence-corrected chi connectivity index (χ2v) is 8.40. The van der Waals surface area contributed by atoms with Crippen LogP contribution in [0.1, 0.15) is 31.9 Å². The number of hydrogen-bond donors (Lipinski definition) is 1.